The zero-order valence-corrected chi connectivity index (χ0v) is 12.1. The summed E-state index contributed by atoms with van der Waals surface area (Å²) in [5.41, 5.74) is 6.28. The van der Waals surface area contributed by atoms with E-state index in [-0.39, 0.29) is 11.1 Å². The molecule has 102 valence electrons. The van der Waals surface area contributed by atoms with Crippen LogP contribution in [0.15, 0.2) is 0 Å². The van der Waals surface area contributed by atoms with Gasteiger partial charge in [0.15, 0.2) is 0 Å². The summed E-state index contributed by atoms with van der Waals surface area (Å²) >= 11 is 0. The monoisotopic (exact) mass is 243 g/mol. The maximum atomic E-state index is 5.99. The zero-order chi connectivity index (χ0) is 13.1. The molecule has 1 rings (SSSR count). The minimum absolute atomic E-state index is 0.0640. The molecular weight excluding hydrogens is 214 g/mol. The smallest absolute Gasteiger partial charge is 0.0480 e. The second-order valence-electron chi connectivity index (χ2n) is 6.10. The number of nitrogens with two attached hydrogens (primary N) is 1. The van der Waals surface area contributed by atoms with Gasteiger partial charge in [-0.3, -0.25) is 9.80 Å². The van der Waals surface area contributed by atoms with Gasteiger partial charge < -0.3 is 10.5 Å². The highest BCUT2D eigenvalue weighted by Crippen LogP contribution is 2.27. The van der Waals surface area contributed by atoms with Gasteiger partial charge in [-0.1, -0.05) is 0 Å². The lowest BCUT2D eigenvalue weighted by atomic mass is 9.90. The van der Waals surface area contributed by atoms with E-state index in [2.05, 4.69) is 37.6 Å². The van der Waals surface area contributed by atoms with Gasteiger partial charge in [0.05, 0.1) is 0 Å². The van der Waals surface area contributed by atoms with Crippen LogP contribution in [0.4, 0.5) is 0 Å². The molecule has 17 heavy (non-hydrogen) atoms. The summed E-state index contributed by atoms with van der Waals surface area (Å²) in [6, 6.07) is 0. The van der Waals surface area contributed by atoms with Crippen molar-refractivity contribution in [1.29, 1.82) is 0 Å². The third kappa shape index (κ3) is 3.41. The number of rotatable bonds is 5. The van der Waals surface area contributed by atoms with Gasteiger partial charge in [0.2, 0.25) is 0 Å². The quantitative estimate of drug-likeness (QED) is 0.774. The standard InChI is InChI=1S/C13H29N3O/c1-12(2)11-16(8-7-15(12)4)13(3,10-14)6-9-17-5/h6-11,14H2,1-5H3. The highest BCUT2D eigenvalue weighted by molar-refractivity contribution is 4.96. The van der Waals surface area contributed by atoms with Gasteiger partial charge in [0, 0.05) is 51.0 Å². The molecule has 1 aliphatic rings. The summed E-state index contributed by atoms with van der Waals surface area (Å²) in [5.74, 6) is 0. The molecule has 0 aromatic rings. The summed E-state index contributed by atoms with van der Waals surface area (Å²) in [4.78, 5) is 4.96. The fourth-order valence-electron chi connectivity index (χ4n) is 2.41. The minimum Gasteiger partial charge on any atom is -0.385 e. The first-order valence-electron chi connectivity index (χ1n) is 6.51. The van der Waals surface area contributed by atoms with Gasteiger partial charge in [-0.05, 0) is 34.2 Å². The van der Waals surface area contributed by atoms with Gasteiger partial charge >= 0.3 is 0 Å². The third-order valence-corrected chi connectivity index (χ3v) is 4.36. The van der Waals surface area contributed by atoms with E-state index in [4.69, 9.17) is 10.5 Å². The van der Waals surface area contributed by atoms with E-state index in [1.165, 1.54) is 0 Å². The van der Waals surface area contributed by atoms with E-state index in [1.54, 1.807) is 7.11 Å². The van der Waals surface area contributed by atoms with Crippen LogP contribution in [-0.2, 0) is 4.74 Å². The van der Waals surface area contributed by atoms with Gasteiger partial charge in [0.25, 0.3) is 0 Å². The molecular formula is C13H29N3O. The molecule has 4 heteroatoms. The number of methoxy groups -OCH3 is 1. The highest BCUT2D eigenvalue weighted by atomic mass is 16.5. The highest BCUT2D eigenvalue weighted by Gasteiger charge is 2.38. The van der Waals surface area contributed by atoms with Crippen molar-refractivity contribution < 1.29 is 4.74 Å². The zero-order valence-electron chi connectivity index (χ0n) is 12.1. The SMILES string of the molecule is COCCC(C)(CN)N1CCN(C)C(C)(C)C1. The van der Waals surface area contributed by atoms with Crippen LogP contribution in [0.1, 0.15) is 27.2 Å². The number of piperazine rings is 1. The Bertz CT molecular complexity index is 245. The normalized spacial score (nSPS) is 25.8. The Labute approximate surface area is 106 Å². The molecule has 1 aliphatic heterocycles. The van der Waals surface area contributed by atoms with E-state index < -0.39 is 0 Å². The molecule has 2 N–H and O–H groups in total. The van der Waals surface area contributed by atoms with E-state index in [0.717, 1.165) is 32.7 Å². The average molecular weight is 243 g/mol. The lowest BCUT2D eigenvalue weighted by Gasteiger charge is -2.51. The minimum atomic E-state index is 0.0640. The van der Waals surface area contributed by atoms with E-state index >= 15 is 0 Å². The lowest BCUT2D eigenvalue weighted by Crippen LogP contribution is -2.65. The predicted octanol–water partition coefficient (Wildman–Crippen LogP) is 0.766. The summed E-state index contributed by atoms with van der Waals surface area (Å²) in [7, 11) is 3.96. The molecule has 1 saturated heterocycles. The molecule has 1 unspecified atom stereocenters. The Morgan fingerprint density at radius 1 is 1.35 bits per heavy atom. The molecule has 1 heterocycles. The molecule has 0 spiro atoms. The Balaban J connectivity index is 2.70. The van der Waals surface area contributed by atoms with Crippen LogP contribution in [0, 0.1) is 0 Å². The number of likely N-dealkylation sites (N-methyl/N-ethyl adjacent to an activating group) is 1. The van der Waals surface area contributed by atoms with Crippen molar-refractivity contribution in [3.63, 3.8) is 0 Å². The summed E-state index contributed by atoms with van der Waals surface area (Å²) in [5, 5.41) is 0. The van der Waals surface area contributed by atoms with Crippen molar-refractivity contribution >= 4 is 0 Å². The van der Waals surface area contributed by atoms with E-state index in [1.807, 2.05) is 0 Å². The van der Waals surface area contributed by atoms with Gasteiger partial charge in [-0.25, -0.2) is 0 Å². The number of hydrogen-bond donors (Lipinski definition) is 1. The largest absolute Gasteiger partial charge is 0.385 e. The van der Waals surface area contributed by atoms with Crippen LogP contribution in [0.3, 0.4) is 0 Å². The van der Waals surface area contributed by atoms with Crippen molar-refractivity contribution in [3.8, 4) is 0 Å². The van der Waals surface area contributed by atoms with E-state index in [9.17, 15) is 0 Å². The molecule has 0 saturated carbocycles. The molecule has 4 nitrogen and oxygen atoms in total. The van der Waals surface area contributed by atoms with Crippen LogP contribution in [0.2, 0.25) is 0 Å². The Kier molecular flexibility index (Phi) is 4.95. The van der Waals surface area contributed by atoms with Crippen molar-refractivity contribution in [2.75, 3.05) is 46.9 Å². The Morgan fingerprint density at radius 2 is 2.00 bits per heavy atom. The van der Waals surface area contributed by atoms with Gasteiger partial charge in [-0.15, -0.1) is 0 Å². The van der Waals surface area contributed by atoms with Crippen LogP contribution in [-0.4, -0.2) is 67.8 Å². The van der Waals surface area contributed by atoms with Crippen LogP contribution < -0.4 is 5.73 Å². The first kappa shape index (κ1) is 14.9. The molecule has 0 radical (unpaired) electrons. The maximum Gasteiger partial charge on any atom is 0.0480 e. The molecule has 0 amide bonds. The molecule has 1 atom stereocenters. The predicted molar refractivity (Wildman–Crippen MR) is 72.2 cm³/mol. The second kappa shape index (κ2) is 5.65. The Hall–Kier alpha value is -0.160. The third-order valence-electron chi connectivity index (χ3n) is 4.36. The fourth-order valence-corrected chi connectivity index (χ4v) is 2.41. The van der Waals surface area contributed by atoms with Gasteiger partial charge in [-0.2, -0.15) is 0 Å². The molecule has 0 bridgehead atoms. The van der Waals surface area contributed by atoms with Crippen molar-refractivity contribution in [2.45, 2.75) is 38.3 Å². The molecule has 0 aromatic heterocycles. The van der Waals surface area contributed by atoms with Gasteiger partial charge in [0.1, 0.15) is 0 Å². The van der Waals surface area contributed by atoms with Crippen LogP contribution in [0.5, 0.6) is 0 Å². The summed E-state index contributed by atoms with van der Waals surface area (Å²) < 4.78 is 5.21. The number of nitrogens with zero attached hydrogens (tertiary/aromatic N) is 2. The number of hydrogen-bond acceptors (Lipinski definition) is 4. The van der Waals surface area contributed by atoms with Crippen molar-refractivity contribution in [3.05, 3.63) is 0 Å². The first-order valence-corrected chi connectivity index (χ1v) is 6.51. The van der Waals surface area contributed by atoms with Crippen molar-refractivity contribution in [2.24, 2.45) is 5.73 Å². The average Bonchev–Trinajstić information content (AvgIpc) is 2.29. The summed E-state index contributed by atoms with van der Waals surface area (Å²) in [6.45, 7) is 11.6. The molecule has 0 aliphatic carbocycles. The first-order chi connectivity index (χ1) is 7.85. The molecule has 0 aromatic carbocycles. The Morgan fingerprint density at radius 3 is 2.47 bits per heavy atom. The topological polar surface area (TPSA) is 41.7 Å². The van der Waals surface area contributed by atoms with E-state index in [0.29, 0.717) is 6.54 Å². The maximum absolute atomic E-state index is 5.99. The second-order valence-corrected chi connectivity index (χ2v) is 6.10. The number of ether oxygens (including phenoxy) is 1. The van der Waals surface area contributed by atoms with Crippen molar-refractivity contribution in [1.82, 2.24) is 9.80 Å². The fraction of sp³-hybridized carbons (Fsp3) is 1.00. The molecule has 1 fully saturated rings. The van der Waals surface area contributed by atoms with Crippen LogP contribution in [0.25, 0.3) is 0 Å². The summed E-state index contributed by atoms with van der Waals surface area (Å²) in [6.07, 6.45) is 1.000. The lowest BCUT2D eigenvalue weighted by molar-refractivity contribution is -0.0256. The van der Waals surface area contributed by atoms with Crippen LogP contribution >= 0.6 is 0 Å².